The fourth-order valence-corrected chi connectivity index (χ4v) is 2.21. The highest BCUT2D eigenvalue weighted by Gasteiger charge is 2.18. The van der Waals surface area contributed by atoms with Crippen molar-refractivity contribution in [1.29, 1.82) is 0 Å². The number of nitrogens with two attached hydrogens (primary N) is 1. The lowest BCUT2D eigenvalue weighted by atomic mass is 10.2. The molecule has 2 N–H and O–H groups in total. The molecule has 0 amide bonds. The number of nitrogens with zero attached hydrogens (tertiary/aromatic N) is 1. The van der Waals surface area contributed by atoms with E-state index in [1.54, 1.807) is 6.07 Å². The highest BCUT2D eigenvalue weighted by atomic mass is 35.5. The van der Waals surface area contributed by atoms with E-state index in [9.17, 15) is 4.39 Å². The van der Waals surface area contributed by atoms with Gasteiger partial charge in [-0.2, -0.15) is 0 Å². The molecule has 0 saturated carbocycles. The summed E-state index contributed by atoms with van der Waals surface area (Å²) in [5.74, 6) is -0.277. The minimum atomic E-state index is -0.277. The second kappa shape index (κ2) is 5.82. The van der Waals surface area contributed by atoms with Crippen LogP contribution in [0.3, 0.4) is 0 Å². The molecule has 1 fully saturated rings. The Morgan fingerprint density at radius 1 is 1.44 bits per heavy atom. The number of hydrogen-bond donors (Lipinski definition) is 1. The zero-order valence-corrected chi connectivity index (χ0v) is 10.4. The average Bonchev–Trinajstić information content (AvgIpc) is 2.49. The van der Waals surface area contributed by atoms with E-state index in [1.807, 2.05) is 0 Å². The van der Waals surface area contributed by atoms with Gasteiger partial charge in [-0.05, 0) is 30.2 Å². The Labute approximate surface area is 106 Å². The summed E-state index contributed by atoms with van der Waals surface area (Å²) < 4.78 is 13.1. The van der Waals surface area contributed by atoms with Crippen LogP contribution < -0.4 is 5.73 Å². The van der Waals surface area contributed by atoms with E-state index in [1.165, 1.54) is 12.1 Å². The predicted octanol–water partition coefficient (Wildman–Crippen LogP) is 2.43. The van der Waals surface area contributed by atoms with Crippen molar-refractivity contribution in [2.45, 2.75) is 19.0 Å². The van der Waals surface area contributed by atoms with Gasteiger partial charge in [-0.15, -0.1) is 12.4 Å². The van der Waals surface area contributed by atoms with Gasteiger partial charge in [0.1, 0.15) is 5.82 Å². The van der Waals surface area contributed by atoms with Crippen LogP contribution in [0.5, 0.6) is 0 Å². The largest absolute Gasteiger partial charge is 0.326 e. The molecule has 0 aromatic heterocycles. The Hall–Kier alpha value is -0.350. The molecule has 1 heterocycles. The molecule has 0 aliphatic carbocycles. The van der Waals surface area contributed by atoms with Crippen molar-refractivity contribution in [1.82, 2.24) is 4.90 Å². The molecule has 1 aliphatic heterocycles. The van der Waals surface area contributed by atoms with Crippen molar-refractivity contribution in [3.63, 3.8) is 0 Å². The number of hydrogen-bond acceptors (Lipinski definition) is 2. The highest BCUT2D eigenvalue weighted by Crippen LogP contribution is 2.17. The van der Waals surface area contributed by atoms with Crippen molar-refractivity contribution in [3.05, 3.63) is 34.6 Å². The van der Waals surface area contributed by atoms with E-state index in [-0.39, 0.29) is 24.3 Å². The lowest BCUT2D eigenvalue weighted by Gasteiger charge is -2.15. The molecule has 1 atom stereocenters. The van der Waals surface area contributed by atoms with Crippen LogP contribution in [0, 0.1) is 5.82 Å². The van der Waals surface area contributed by atoms with Crippen LogP contribution in [0.15, 0.2) is 18.2 Å². The number of likely N-dealkylation sites (tertiary alicyclic amines) is 1. The minimum Gasteiger partial charge on any atom is -0.326 e. The van der Waals surface area contributed by atoms with Gasteiger partial charge in [0.05, 0.1) is 0 Å². The van der Waals surface area contributed by atoms with Gasteiger partial charge in [0, 0.05) is 30.7 Å². The Morgan fingerprint density at radius 2 is 2.19 bits per heavy atom. The highest BCUT2D eigenvalue weighted by molar-refractivity contribution is 6.30. The Bertz CT molecular complexity index is 340. The van der Waals surface area contributed by atoms with Crippen LogP contribution in [-0.2, 0) is 6.54 Å². The van der Waals surface area contributed by atoms with Gasteiger partial charge in [0.25, 0.3) is 0 Å². The Morgan fingerprint density at radius 3 is 2.75 bits per heavy atom. The molecular formula is C11H15Cl2FN2. The zero-order valence-electron chi connectivity index (χ0n) is 8.83. The van der Waals surface area contributed by atoms with Gasteiger partial charge in [0.15, 0.2) is 0 Å². The molecular weight excluding hydrogens is 250 g/mol. The van der Waals surface area contributed by atoms with E-state index in [4.69, 9.17) is 17.3 Å². The third-order valence-corrected chi connectivity index (χ3v) is 2.86. The summed E-state index contributed by atoms with van der Waals surface area (Å²) >= 11 is 5.78. The van der Waals surface area contributed by atoms with E-state index in [0.717, 1.165) is 31.6 Å². The molecule has 2 nitrogen and oxygen atoms in total. The van der Waals surface area contributed by atoms with E-state index < -0.39 is 0 Å². The summed E-state index contributed by atoms with van der Waals surface area (Å²) in [6, 6.07) is 4.90. The number of halogens is 3. The average molecular weight is 265 g/mol. The van der Waals surface area contributed by atoms with Crippen molar-refractivity contribution < 1.29 is 4.39 Å². The lowest BCUT2D eigenvalue weighted by molar-refractivity contribution is 0.326. The molecule has 1 aliphatic rings. The molecule has 0 unspecified atom stereocenters. The summed E-state index contributed by atoms with van der Waals surface area (Å²) in [5, 5.41) is 0.452. The normalized spacial score (nSPS) is 20.8. The molecule has 1 saturated heterocycles. The molecule has 0 spiro atoms. The smallest absolute Gasteiger partial charge is 0.125 e. The Kier molecular flexibility index (Phi) is 4.99. The standard InChI is InChI=1S/C11H14ClFN2.ClH/c12-9-3-8(4-10(13)5-9)6-15-2-1-11(14)7-15;/h3-5,11H,1-2,6-7,14H2;1H/t11-;/m1./s1. The van der Waals surface area contributed by atoms with Crippen LogP contribution in [0.4, 0.5) is 4.39 Å². The molecule has 1 aromatic rings. The molecule has 16 heavy (non-hydrogen) atoms. The van der Waals surface area contributed by atoms with Gasteiger partial charge < -0.3 is 5.73 Å². The van der Waals surface area contributed by atoms with Crippen LogP contribution in [0.1, 0.15) is 12.0 Å². The summed E-state index contributed by atoms with van der Waals surface area (Å²) in [6.07, 6.45) is 1.02. The van der Waals surface area contributed by atoms with E-state index in [2.05, 4.69) is 4.90 Å². The van der Waals surface area contributed by atoms with Crippen LogP contribution >= 0.6 is 24.0 Å². The maximum absolute atomic E-state index is 13.1. The van der Waals surface area contributed by atoms with Crippen LogP contribution in [0.25, 0.3) is 0 Å². The van der Waals surface area contributed by atoms with E-state index in [0.29, 0.717) is 5.02 Å². The van der Waals surface area contributed by atoms with E-state index >= 15 is 0 Å². The topological polar surface area (TPSA) is 29.3 Å². The third kappa shape index (κ3) is 3.59. The van der Waals surface area contributed by atoms with Gasteiger partial charge in [-0.3, -0.25) is 4.90 Å². The first-order chi connectivity index (χ1) is 7.13. The van der Waals surface area contributed by atoms with Crippen molar-refractivity contribution >= 4 is 24.0 Å². The summed E-state index contributed by atoms with van der Waals surface area (Å²) in [4.78, 5) is 2.22. The van der Waals surface area contributed by atoms with Crippen molar-refractivity contribution in [3.8, 4) is 0 Å². The number of benzene rings is 1. The van der Waals surface area contributed by atoms with Crippen LogP contribution in [-0.4, -0.2) is 24.0 Å². The second-order valence-corrected chi connectivity index (χ2v) is 4.50. The first-order valence-corrected chi connectivity index (χ1v) is 5.44. The summed E-state index contributed by atoms with van der Waals surface area (Å²) in [5.41, 5.74) is 6.71. The first-order valence-electron chi connectivity index (χ1n) is 5.06. The number of rotatable bonds is 2. The zero-order chi connectivity index (χ0) is 10.8. The molecule has 1 aromatic carbocycles. The summed E-state index contributed by atoms with van der Waals surface area (Å²) in [7, 11) is 0. The van der Waals surface area contributed by atoms with Crippen LogP contribution in [0.2, 0.25) is 5.02 Å². The maximum atomic E-state index is 13.1. The van der Waals surface area contributed by atoms with Crippen molar-refractivity contribution in [2.24, 2.45) is 5.73 Å². The van der Waals surface area contributed by atoms with Crippen molar-refractivity contribution in [2.75, 3.05) is 13.1 Å². The molecule has 5 heteroatoms. The SMILES string of the molecule is Cl.N[C@@H]1CCN(Cc2cc(F)cc(Cl)c2)C1. The predicted molar refractivity (Wildman–Crippen MR) is 66.5 cm³/mol. The fourth-order valence-electron chi connectivity index (χ4n) is 1.97. The van der Waals surface area contributed by atoms with Gasteiger partial charge in [-0.25, -0.2) is 4.39 Å². The molecule has 2 rings (SSSR count). The maximum Gasteiger partial charge on any atom is 0.125 e. The molecule has 90 valence electrons. The van der Waals surface area contributed by atoms with Gasteiger partial charge in [-0.1, -0.05) is 11.6 Å². The third-order valence-electron chi connectivity index (χ3n) is 2.64. The monoisotopic (exact) mass is 264 g/mol. The Balaban J connectivity index is 0.00000128. The molecule has 0 bridgehead atoms. The van der Waals surface area contributed by atoms with Gasteiger partial charge in [0.2, 0.25) is 0 Å². The lowest BCUT2D eigenvalue weighted by Crippen LogP contribution is -2.26. The molecule has 0 radical (unpaired) electrons. The second-order valence-electron chi connectivity index (χ2n) is 4.06. The fraction of sp³-hybridized carbons (Fsp3) is 0.455. The minimum absolute atomic E-state index is 0. The summed E-state index contributed by atoms with van der Waals surface area (Å²) in [6.45, 7) is 2.59. The van der Waals surface area contributed by atoms with Gasteiger partial charge >= 0.3 is 0 Å². The quantitative estimate of drug-likeness (QED) is 0.889. The first kappa shape index (κ1) is 13.7.